The molecule has 3 nitrogen and oxygen atoms in total. The van der Waals surface area contributed by atoms with Crippen LogP contribution in [0.25, 0.3) is 0 Å². The average Bonchev–Trinajstić information content (AvgIpc) is 2.45. The summed E-state index contributed by atoms with van der Waals surface area (Å²) in [6.45, 7) is 11.7. The zero-order valence-electron chi connectivity index (χ0n) is 14.0. The van der Waals surface area contributed by atoms with E-state index in [1.165, 1.54) is 0 Å². The maximum atomic E-state index is 12.7. The fourth-order valence-corrected chi connectivity index (χ4v) is 2.65. The molecule has 3 heteroatoms. The second kappa shape index (κ2) is 7.39. The highest BCUT2D eigenvalue weighted by Crippen LogP contribution is 2.21. The third-order valence-corrected chi connectivity index (χ3v) is 3.98. The van der Waals surface area contributed by atoms with Gasteiger partial charge in [0.25, 0.3) is 0 Å². The van der Waals surface area contributed by atoms with Crippen molar-refractivity contribution in [2.75, 3.05) is 0 Å². The highest BCUT2D eigenvalue weighted by molar-refractivity contribution is 6.00. The summed E-state index contributed by atoms with van der Waals surface area (Å²) in [5, 5.41) is 0. The molecule has 0 radical (unpaired) electrons. The van der Waals surface area contributed by atoms with Crippen molar-refractivity contribution in [1.29, 1.82) is 0 Å². The van der Waals surface area contributed by atoms with Gasteiger partial charge in [0.15, 0.2) is 5.78 Å². The Balaban J connectivity index is 2.89. The van der Waals surface area contributed by atoms with E-state index in [2.05, 4.69) is 0 Å². The minimum atomic E-state index is -0.320. The number of Topliss-reactive ketones (excluding diaryl/α,β-unsaturated/α-hetero) is 1. The fourth-order valence-electron chi connectivity index (χ4n) is 2.65. The molecule has 21 heavy (non-hydrogen) atoms. The highest BCUT2D eigenvalue weighted by Gasteiger charge is 2.32. The predicted molar refractivity (Wildman–Crippen MR) is 86.2 cm³/mol. The fraction of sp³-hybridized carbons (Fsp3) is 0.556. The molecule has 0 N–H and O–H groups in total. The van der Waals surface area contributed by atoms with Gasteiger partial charge in [0, 0.05) is 29.5 Å². The number of carbonyl (C=O) groups excluding carboxylic acids is 2. The van der Waals surface area contributed by atoms with E-state index in [4.69, 9.17) is 0 Å². The van der Waals surface area contributed by atoms with Crippen LogP contribution in [0.4, 0.5) is 0 Å². The van der Waals surface area contributed by atoms with Crippen molar-refractivity contribution in [3.63, 3.8) is 0 Å². The number of rotatable bonds is 6. The van der Waals surface area contributed by atoms with E-state index in [1.54, 1.807) is 12.1 Å². The molecule has 116 valence electrons. The minimum Gasteiger partial charge on any atom is -0.338 e. The van der Waals surface area contributed by atoms with E-state index in [0.717, 1.165) is 0 Å². The van der Waals surface area contributed by atoms with Gasteiger partial charge < -0.3 is 4.90 Å². The van der Waals surface area contributed by atoms with E-state index >= 15 is 0 Å². The number of nitrogens with zero attached hydrogens (tertiary/aromatic N) is 1. The van der Waals surface area contributed by atoms with Gasteiger partial charge in [0.2, 0.25) is 5.91 Å². The summed E-state index contributed by atoms with van der Waals surface area (Å²) in [6, 6.07) is 9.46. The van der Waals surface area contributed by atoms with Crippen molar-refractivity contribution >= 4 is 11.7 Å². The Morgan fingerprint density at radius 2 is 1.29 bits per heavy atom. The smallest absolute Gasteiger partial charge is 0.226 e. The minimum absolute atomic E-state index is 0.0314. The molecular formula is C18H27NO2. The molecule has 1 rings (SSSR count). The lowest BCUT2D eigenvalue weighted by Crippen LogP contribution is -2.46. The van der Waals surface area contributed by atoms with Crippen LogP contribution in [0.15, 0.2) is 30.3 Å². The number of hydrogen-bond acceptors (Lipinski definition) is 2. The number of hydrogen-bond donors (Lipinski definition) is 0. The Labute approximate surface area is 128 Å². The monoisotopic (exact) mass is 289 g/mol. The normalized spacial score (nSPS) is 14.1. The third-order valence-electron chi connectivity index (χ3n) is 3.98. The summed E-state index contributed by atoms with van der Waals surface area (Å²) in [7, 11) is 0. The highest BCUT2D eigenvalue weighted by atomic mass is 16.2. The van der Waals surface area contributed by atoms with Crippen LogP contribution in [0, 0.1) is 11.8 Å². The molecule has 1 aromatic rings. The first-order valence-corrected chi connectivity index (χ1v) is 7.68. The van der Waals surface area contributed by atoms with Crippen LogP contribution in [0.1, 0.15) is 51.9 Å². The zero-order valence-corrected chi connectivity index (χ0v) is 14.0. The Morgan fingerprint density at radius 3 is 1.71 bits per heavy atom. The summed E-state index contributed by atoms with van der Waals surface area (Å²) < 4.78 is 0. The van der Waals surface area contributed by atoms with Gasteiger partial charge in [-0.3, -0.25) is 9.59 Å². The largest absolute Gasteiger partial charge is 0.338 e. The number of benzene rings is 1. The molecule has 0 fully saturated rings. The van der Waals surface area contributed by atoms with E-state index in [-0.39, 0.29) is 35.6 Å². The van der Waals surface area contributed by atoms with Crippen molar-refractivity contribution in [3.05, 3.63) is 35.9 Å². The second-order valence-corrected chi connectivity index (χ2v) is 6.24. The quantitative estimate of drug-likeness (QED) is 0.747. The molecule has 0 saturated heterocycles. The first-order chi connectivity index (χ1) is 9.77. The van der Waals surface area contributed by atoms with Gasteiger partial charge in [-0.1, -0.05) is 44.2 Å². The Morgan fingerprint density at radius 1 is 0.810 bits per heavy atom. The molecule has 0 spiro atoms. The van der Waals surface area contributed by atoms with Crippen molar-refractivity contribution in [1.82, 2.24) is 4.90 Å². The van der Waals surface area contributed by atoms with E-state index < -0.39 is 0 Å². The van der Waals surface area contributed by atoms with Gasteiger partial charge in [-0.15, -0.1) is 0 Å². The van der Waals surface area contributed by atoms with Crippen LogP contribution in [-0.4, -0.2) is 28.7 Å². The first kappa shape index (κ1) is 17.4. The summed E-state index contributed by atoms with van der Waals surface area (Å²) in [5.41, 5.74) is 0.672. The predicted octanol–water partition coefficient (Wildman–Crippen LogP) is 3.79. The molecule has 0 aliphatic heterocycles. The summed E-state index contributed by atoms with van der Waals surface area (Å²) in [6.07, 6.45) is 0. The molecule has 0 aliphatic rings. The topological polar surface area (TPSA) is 37.4 Å². The van der Waals surface area contributed by atoms with Gasteiger partial charge in [-0.2, -0.15) is 0 Å². The lowest BCUT2D eigenvalue weighted by Gasteiger charge is -2.34. The van der Waals surface area contributed by atoms with E-state index in [0.29, 0.717) is 5.56 Å². The van der Waals surface area contributed by atoms with Crippen molar-refractivity contribution in [2.45, 2.75) is 53.6 Å². The molecule has 0 aromatic heterocycles. The Hall–Kier alpha value is -1.64. The van der Waals surface area contributed by atoms with Crippen LogP contribution in [-0.2, 0) is 4.79 Å². The third kappa shape index (κ3) is 4.16. The molecule has 2 atom stereocenters. The van der Waals surface area contributed by atoms with Gasteiger partial charge in [-0.25, -0.2) is 0 Å². The first-order valence-electron chi connectivity index (χ1n) is 7.68. The maximum Gasteiger partial charge on any atom is 0.226 e. The molecule has 0 unspecified atom stereocenters. The van der Waals surface area contributed by atoms with Gasteiger partial charge in [0.1, 0.15) is 0 Å². The molecule has 0 bridgehead atoms. The maximum absolute atomic E-state index is 12.7. The molecule has 1 amide bonds. The second-order valence-electron chi connectivity index (χ2n) is 6.24. The van der Waals surface area contributed by atoms with Crippen LogP contribution in [0.5, 0.6) is 0 Å². The van der Waals surface area contributed by atoms with Crippen LogP contribution in [0.3, 0.4) is 0 Å². The standard InChI is InChI=1S/C18H27NO2/c1-12(2)19(13(3)4)18(21)15(6)14(5)17(20)16-10-8-7-9-11-16/h7-15H,1-6H3/t14-,15+/m0/s1. The van der Waals surface area contributed by atoms with Crippen LogP contribution >= 0.6 is 0 Å². The lowest BCUT2D eigenvalue weighted by atomic mass is 9.87. The molecule has 0 aliphatic carbocycles. The number of amides is 1. The van der Waals surface area contributed by atoms with Crippen molar-refractivity contribution < 1.29 is 9.59 Å². The molecular weight excluding hydrogens is 262 g/mol. The Bertz CT molecular complexity index is 471. The summed E-state index contributed by atoms with van der Waals surface area (Å²) in [5.74, 6) is -0.553. The van der Waals surface area contributed by atoms with Crippen molar-refractivity contribution in [3.8, 4) is 0 Å². The summed E-state index contributed by atoms with van der Waals surface area (Å²) in [4.78, 5) is 27.0. The molecule has 0 saturated carbocycles. The SMILES string of the molecule is CC(C)N(C(=O)[C@H](C)[C@H](C)C(=O)c1ccccc1)C(C)C. The van der Waals surface area contributed by atoms with Crippen molar-refractivity contribution in [2.24, 2.45) is 11.8 Å². The lowest BCUT2D eigenvalue weighted by molar-refractivity contribution is -0.139. The summed E-state index contributed by atoms with van der Waals surface area (Å²) >= 11 is 0. The Kier molecular flexibility index (Phi) is 6.13. The van der Waals surface area contributed by atoms with Crippen LogP contribution < -0.4 is 0 Å². The van der Waals surface area contributed by atoms with Gasteiger partial charge in [-0.05, 0) is 27.7 Å². The molecule has 1 aromatic carbocycles. The zero-order chi connectivity index (χ0) is 16.2. The number of ketones is 1. The molecule has 0 heterocycles. The van der Waals surface area contributed by atoms with Gasteiger partial charge in [0.05, 0.1) is 0 Å². The van der Waals surface area contributed by atoms with Gasteiger partial charge >= 0.3 is 0 Å². The average molecular weight is 289 g/mol. The number of carbonyl (C=O) groups is 2. The van der Waals surface area contributed by atoms with E-state index in [1.807, 2.05) is 64.6 Å². The van der Waals surface area contributed by atoms with E-state index in [9.17, 15) is 9.59 Å². The van der Waals surface area contributed by atoms with Crippen LogP contribution in [0.2, 0.25) is 0 Å².